The quantitative estimate of drug-likeness (QED) is 0.290. The Hall–Kier alpha value is -3.32. The number of carbonyl (C=O) groups excluding carboxylic acids is 3. The summed E-state index contributed by atoms with van der Waals surface area (Å²) in [7, 11) is 0. The van der Waals surface area contributed by atoms with Crippen molar-refractivity contribution in [3.63, 3.8) is 0 Å². The molecular formula is C26H21Cl2F6N3O4. The van der Waals surface area contributed by atoms with E-state index in [0.29, 0.717) is 10.5 Å². The summed E-state index contributed by atoms with van der Waals surface area (Å²) in [5.41, 5.74) is -2.62. The number of hydrogen-bond acceptors (Lipinski definition) is 5. The first-order valence-electron chi connectivity index (χ1n) is 12.1. The summed E-state index contributed by atoms with van der Waals surface area (Å²) in [6.45, 7) is 0.0546. The van der Waals surface area contributed by atoms with Gasteiger partial charge < -0.3 is 9.74 Å². The molecule has 7 nitrogen and oxygen atoms in total. The Bertz CT molecular complexity index is 1390. The van der Waals surface area contributed by atoms with E-state index in [1.807, 2.05) is 0 Å². The SMILES string of the molecule is Cc1cc(C2=NOC(c3cc(Cl)cc(Cl)c3)(C(F)(F)F)C2)ccc1C(=O)N1CC(=O)N(CCCC(F)(F)F)C(=O)C1. The first kappa shape index (κ1) is 30.6. The van der Waals surface area contributed by atoms with E-state index in [2.05, 4.69) is 5.16 Å². The molecule has 0 N–H and O–H groups in total. The van der Waals surface area contributed by atoms with Crippen LogP contribution in [0.2, 0.25) is 10.0 Å². The lowest BCUT2D eigenvalue weighted by Gasteiger charge is -2.33. The second kappa shape index (κ2) is 11.2. The van der Waals surface area contributed by atoms with Crippen LogP contribution in [-0.4, -0.2) is 65.2 Å². The minimum Gasteiger partial charge on any atom is -0.374 e. The van der Waals surface area contributed by atoms with E-state index in [-0.39, 0.29) is 32.4 Å². The number of imide groups is 1. The van der Waals surface area contributed by atoms with E-state index in [1.165, 1.54) is 31.2 Å². The Kier molecular flexibility index (Phi) is 8.34. The molecule has 41 heavy (non-hydrogen) atoms. The first-order chi connectivity index (χ1) is 19.0. The monoisotopic (exact) mass is 623 g/mol. The van der Waals surface area contributed by atoms with E-state index >= 15 is 0 Å². The highest BCUT2D eigenvalue weighted by Gasteiger charge is 2.62. The van der Waals surface area contributed by atoms with E-state index < -0.39 is 74.6 Å². The number of oxime groups is 1. The van der Waals surface area contributed by atoms with Gasteiger partial charge >= 0.3 is 12.4 Å². The van der Waals surface area contributed by atoms with Gasteiger partial charge in [0.2, 0.25) is 11.8 Å². The zero-order chi connectivity index (χ0) is 30.3. The molecule has 2 heterocycles. The van der Waals surface area contributed by atoms with Gasteiger partial charge in [0.05, 0.1) is 5.71 Å². The highest BCUT2D eigenvalue weighted by molar-refractivity contribution is 6.34. The Labute approximate surface area is 239 Å². The van der Waals surface area contributed by atoms with E-state index in [0.717, 1.165) is 17.0 Å². The molecule has 1 atom stereocenters. The maximum atomic E-state index is 14.3. The maximum absolute atomic E-state index is 14.3. The number of carbonyl (C=O) groups is 3. The van der Waals surface area contributed by atoms with Gasteiger partial charge in [-0.05, 0) is 54.8 Å². The molecule has 2 aromatic carbocycles. The van der Waals surface area contributed by atoms with Crippen LogP contribution in [0.25, 0.3) is 0 Å². The van der Waals surface area contributed by atoms with Crippen molar-refractivity contribution in [3.8, 4) is 0 Å². The second-order valence-electron chi connectivity index (χ2n) is 9.64. The second-order valence-corrected chi connectivity index (χ2v) is 10.5. The molecule has 1 saturated heterocycles. The van der Waals surface area contributed by atoms with Gasteiger partial charge in [-0.3, -0.25) is 19.3 Å². The number of benzene rings is 2. The number of alkyl halides is 6. The highest BCUT2D eigenvalue weighted by atomic mass is 35.5. The van der Waals surface area contributed by atoms with Crippen LogP contribution in [0.3, 0.4) is 0 Å². The molecule has 4 rings (SSSR count). The Balaban J connectivity index is 1.49. The number of halogens is 8. The molecule has 1 unspecified atom stereocenters. The summed E-state index contributed by atoms with van der Waals surface area (Å²) in [4.78, 5) is 44.6. The number of nitrogens with zero attached hydrogens (tertiary/aromatic N) is 3. The number of hydrogen-bond donors (Lipinski definition) is 0. The lowest BCUT2D eigenvalue weighted by molar-refractivity contribution is -0.275. The predicted octanol–water partition coefficient (Wildman–Crippen LogP) is 6.04. The van der Waals surface area contributed by atoms with Gasteiger partial charge in [-0.2, -0.15) is 26.3 Å². The molecule has 0 saturated carbocycles. The van der Waals surface area contributed by atoms with Crippen molar-refractivity contribution in [2.45, 2.75) is 44.1 Å². The normalized spacial score (nSPS) is 19.9. The largest absolute Gasteiger partial charge is 0.435 e. The lowest BCUT2D eigenvalue weighted by Crippen LogP contribution is -2.55. The van der Waals surface area contributed by atoms with Gasteiger partial charge in [0.15, 0.2) is 0 Å². The molecule has 2 aliphatic rings. The molecule has 0 aromatic heterocycles. The molecule has 220 valence electrons. The van der Waals surface area contributed by atoms with Crippen molar-refractivity contribution in [1.29, 1.82) is 0 Å². The van der Waals surface area contributed by atoms with E-state index in [9.17, 15) is 40.7 Å². The van der Waals surface area contributed by atoms with Crippen molar-refractivity contribution in [2.24, 2.45) is 5.16 Å². The van der Waals surface area contributed by atoms with Gasteiger partial charge in [0, 0.05) is 40.6 Å². The average molecular weight is 624 g/mol. The summed E-state index contributed by atoms with van der Waals surface area (Å²) in [6.07, 6.45) is -11.7. The fourth-order valence-corrected chi connectivity index (χ4v) is 5.15. The fourth-order valence-electron chi connectivity index (χ4n) is 4.62. The molecule has 2 aliphatic heterocycles. The summed E-state index contributed by atoms with van der Waals surface area (Å²) in [5.74, 6) is -2.32. The molecule has 1 fully saturated rings. The minimum absolute atomic E-state index is 0.0222. The van der Waals surface area contributed by atoms with Crippen LogP contribution in [0.4, 0.5) is 26.3 Å². The average Bonchev–Trinajstić information content (AvgIpc) is 3.31. The summed E-state index contributed by atoms with van der Waals surface area (Å²) in [5, 5.41) is 3.64. The molecular weight excluding hydrogens is 603 g/mol. The van der Waals surface area contributed by atoms with Crippen LogP contribution in [0.15, 0.2) is 41.6 Å². The summed E-state index contributed by atoms with van der Waals surface area (Å²) >= 11 is 11.8. The molecule has 3 amide bonds. The summed E-state index contributed by atoms with van der Waals surface area (Å²) < 4.78 is 80.1. The number of rotatable bonds is 6. The fraction of sp³-hybridized carbons (Fsp3) is 0.385. The van der Waals surface area contributed by atoms with Crippen LogP contribution in [0.5, 0.6) is 0 Å². The molecule has 2 aromatic rings. The van der Waals surface area contributed by atoms with E-state index in [4.69, 9.17) is 28.0 Å². The number of aryl methyl sites for hydroxylation is 1. The summed E-state index contributed by atoms with van der Waals surface area (Å²) in [6, 6.07) is 7.56. The molecule has 15 heteroatoms. The molecule has 0 spiro atoms. The Morgan fingerprint density at radius 1 is 1.00 bits per heavy atom. The topological polar surface area (TPSA) is 79.3 Å². The van der Waals surface area contributed by atoms with Crippen molar-refractivity contribution in [3.05, 3.63) is 68.7 Å². The maximum Gasteiger partial charge on any atom is 0.435 e. The minimum atomic E-state index is -4.90. The predicted molar refractivity (Wildman–Crippen MR) is 136 cm³/mol. The standard InChI is InChI=1S/C26H21Cl2F6N3O4/c1-14-7-15(20-11-24(41-35-20,26(32,33)34)16-8-17(27)10-18(28)9-16)3-4-19(14)23(40)36-12-21(38)37(22(39)13-36)6-2-5-25(29,30)31/h3-4,7-10H,2,5-6,11-13H2,1H3. The van der Waals surface area contributed by atoms with Gasteiger partial charge in [-0.1, -0.05) is 34.4 Å². The van der Waals surface area contributed by atoms with Gasteiger partial charge in [0.1, 0.15) is 13.1 Å². The van der Waals surface area contributed by atoms with Crippen LogP contribution in [-0.2, 0) is 20.0 Å². The number of amides is 3. The molecule has 0 bridgehead atoms. The third kappa shape index (κ3) is 6.45. The van der Waals surface area contributed by atoms with Gasteiger partial charge in [0.25, 0.3) is 11.5 Å². The zero-order valence-electron chi connectivity index (χ0n) is 21.2. The zero-order valence-corrected chi connectivity index (χ0v) is 22.7. The Morgan fingerprint density at radius 3 is 2.15 bits per heavy atom. The van der Waals surface area contributed by atoms with Crippen molar-refractivity contribution in [2.75, 3.05) is 19.6 Å². The highest BCUT2D eigenvalue weighted by Crippen LogP contribution is 2.49. The van der Waals surface area contributed by atoms with Crippen LogP contribution >= 0.6 is 23.2 Å². The third-order valence-corrected chi connectivity index (χ3v) is 7.12. The molecule has 0 radical (unpaired) electrons. The van der Waals surface area contributed by atoms with Gasteiger partial charge in [-0.15, -0.1) is 0 Å². The van der Waals surface area contributed by atoms with Crippen LogP contribution < -0.4 is 0 Å². The number of piperazine rings is 1. The van der Waals surface area contributed by atoms with Crippen LogP contribution in [0, 0.1) is 6.92 Å². The lowest BCUT2D eigenvalue weighted by atomic mass is 9.86. The van der Waals surface area contributed by atoms with Crippen molar-refractivity contribution >= 4 is 46.6 Å². The van der Waals surface area contributed by atoms with Crippen LogP contribution in [0.1, 0.15) is 46.3 Å². The van der Waals surface area contributed by atoms with Crippen molar-refractivity contribution in [1.82, 2.24) is 9.80 Å². The van der Waals surface area contributed by atoms with Crippen molar-refractivity contribution < 1.29 is 45.6 Å². The first-order valence-corrected chi connectivity index (χ1v) is 12.8. The van der Waals surface area contributed by atoms with E-state index in [1.54, 1.807) is 0 Å². The smallest absolute Gasteiger partial charge is 0.374 e. The molecule has 0 aliphatic carbocycles. The third-order valence-electron chi connectivity index (χ3n) is 6.69. The Morgan fingerprint density at radius 2 is 1.61 bits per heavy atom. The van der Waals surface area contributed by atoms with Gasteiger partial charge in [-0.25, -0.2) is 0 Å².